The molecule has 8 aromatic rings. The number of carboxylic acids is 1. The number of carboxylic acid groups (broad SMARTS) is 1. The average Bonchev–Trinajstić information content (AvgIpc) is 2.11. The van der Waals surface area contributed by atoms with Crippen LogP contribution in [0.2, 0.25) is 0 Å². The van der Waals surface area contributed by atoms with Gasteiger partial charge < -0.3 is 39.6 Å². The van der Waals surface area contributed by atoms with Gasteiger partial charge in [0.1, 0.15) is 43.8 Å². The van der Waals surface area contributed by atoms with Crippen molar-refractivity contribution in [2.75, 3.05) is 46.3 Å². The molecular formula is C63H71F8N9O8. The minimum absolute atomic E-state index is 0.0519. The first-order valence-corrected chi connectivity index (χ1v) is 28.8. The fourth-order valence-corrected chi connectivity index (χ4v) is 9.28. The number of nitrogens with two attached hydrogens (primary N) is 1. The van der Waals surface area contributed by atoms with Gasteiger partial charge >= 0.3 is 18.3 Å². The average molecular weight is 1230 g/mol. The molecule has 88 heavy (non-hydrogen) atoms. The van der Waals surface area contributed by atoms with E-state index in [4.69, 9.17) is 34.5 Å². The number of hydrogen-bond acceptors (Lipinski definition) is 15. The van der Waals surface area contributed by atoms with Crippen LogP contribution in [0.5, 0.6) is 11.5 Å². The van der Waals surface area contributed by atoms with Crippen molar-refractivity contribution in [2.45, 2.75) is 116 Å². The SMILES string of the molecule is CCCCCCCCc1ccc(CCC(N)(CC)CO)cc1.O=C(O)C1CN(Cc2ccc(-c3noc(-c4ccc(OCC[18F])c(C(F)(F)F)c4)n3)cc2)C1.OCc1cn(Cc2ccc(-c3noc(-c4ccc(OCC[18F])c(C(F)(F)F)c4)n3)cc2)nn1. The number of aliphatic hydroxyl groups excluding tert-OH is 2. The molecule has 5 N–H and O–H groups in total. The lowest BCUT2D eigenvalue weighted by Crippen LogP contribution is -2.49. The molecule has 472 valence electrons. The molecule has 0 aliphatic carbocycles. The second-order valence-corrected chi connectivity index (χ2v) is 21.2. The number of halogens is 8. The fraction of sp³-hybridized carbons (Fsp3) is 0.413. The van der Waals surface area contributed by atoms with Gasteiger partial charge in [-0.05, 0) is 90.8 Å². The van der Waals surface area contributed by atoms with Gasteiger partial charge in [-0.15, -0.1) is 5.10 Å². The topological polar surface area (TPSA) is 234 Å². The molecule has 25 heteroatoms. The molecule has 4 heterocycles. The Hall–Kier alpha value is -8.13. The molecule has 3 aromatic heterocycles. The highest BCUT2D eigenvalue weighted by molar-refractivity contribution is 5.71. The van der Waals surface area contributed by atoms with Crippen LogP contribution in [0.1, 0.15) is 104 Å². The highest BCUT2D eigenvalue weighted by Crippen LogP contribution is 2.40. The van der Waals surface area contributed by atoms with Crippen molar-refractivity contribution < 1.29 is 73.8 Å². The molecule has 1 fully saturated rings. The van der Waals surface area contributed by atoms with E-state index >= 15 is 0 Å². The summed E-state index contributed by atoms with van der Waals surface area (Å²) in [6, 6.07) is 29.8. The Balaban J connectivity index is 0.000000193. The van der Waals surface area contributed by atoms with Gasteiger partial charge in [-0.1, -0.05) is 134 Å². The van der Waals surface area contributed by atoms with Gasteiger partial charge in [0.05, 0.1) is 43.0 Å². The summed E-state index contributed by atoms with van der Waals surface area (Å²) in [6.45, 7) is 3.43. The van der Waals surface area contributed by atoms with Gasteiger partial charge in [-0.3, -0.25) is 9.69 Å². The van der Waals surface area contributed by atoms with Crippen molar-refractivity contribution in [1.82, 2.24) is 40.2 Å². The van der Waals surface area contributed by atoms with Crippen LogP contribution in [-0.2, 0) is 49.7 Å². The lowest BCUT2D eigenvalue weighted by Gasteiger charge is -2.36. The molecule has 5 aromatic carbocycles. The molecule has 17 nitrogen and oxygen atoms in total. The number of ether oxygens (including phenoxy) is 2. The molecule has 0 saturated carbocycles. The summed E-state index contributed by atoms with van der Waals surface area (Å²) in [5.41, 5.74) is 10.0. The zero-order valence-electron chi connectivity index (χ0n) is 48.8. The predicted octanol–water partition coefficient (Wildman–Crippen LogP) is 12.8. The summed E-state index contributed by atoms with van der Waals surface area (Å²) in [6.07, 6.45) is 4.13. The van der Waals surface area contributed by atoms with E-state index < -0.39 is 73.0 Å². The summed E-state index contributed by atoms with van der Waals surface area (Å²) >= 11 is 0. The van der Waals surface area contributed by atoms with E-state index in [2.05, 4.69) is 61.8 Å². The minimum atomic E-state index is -4.71. The zero-order valence-corrected chi connectivity index (χ0v) is 48.8. The van der Waals surface area contributed by atoms with Gasteiger partial charge in [-0.25, -0.2) is 13.5 Å². The Kier molecular flexibility index (Phi) is 24.7. The number of unbranched alkanes of at least 4 members (excludes halogenated alkanes) is 5. The summed E-state index contributed by atoms with van der Waals surface area (Å²) in [7, 11) is 0. The van der Waals surface area contributed by atoms with E-state index in [0.29, 0.717) is 43.0 Å². The highest BCUT2D eigenvalue weighted by Gasteiger charge is 2.37. The van der Waals surface area contributed by atoms with E-state index in [0.717, 1.165) is 54.7 Å². The van der Waals surface area contributed by atoms with Crippen LogP contribution in [-0.4, -0.2) is 113 Å². The lowest BCUT2D eigenvalue weighted by molar-refractivity contribution is -0.147. The van der Waals surface area contributed by atoms with Crippen LogP contribution in [0.3, 0.4) is 0 Å². The molecule has 1 aliphatic heterocycles. The molecule has 1 unspecified atom stereocenters. The van der Waals surface area contributed by atoms with Crippen LogP contribution in [0.4, 0.5) is 35.1 Å². The molecule has 1 atom stereocenters. The number of likely N-dealkylation sites (tertiary alicyclic amines) is 1. The largest absolute Gasteiger partial charge is 0.490 e. The van der Waals surface area contributed by atoms with Crippen molar-refractivity contribution in [2.24, 2.45) is 11.7 Å². The monoisotopic (exact) mass is 1230 g/mol. The normalized spacial score (nSPS) is 13.4. The third kappa shape index (κ3) is 19.7. The lowest BCUT2D eigenvalue weighted by atomic mass is 9.90. The number of nitrogens with zero attached hydrogens (tertiary/aromatic N) is 8. The molecule has 9 rings (SSSR count). The third-order valence-electron chi connectivity index (χ3n) is 14.6. The number of rotatable bonds is 28. The van der Waals surface area contributed by atoms with E-state index in [9.17, 15) is 45.0 Å². The van der Waals surface area contributed by atoms with Crippen molar-refractivity contribution in [3.63, 3.8) is 0 Å². The number of aryl methyl sites for hydroxylation is 2. The molecular weight excluding hydrogens is 1160 g/mol. The number of aliphatic carboxylic acids is 1. The number of benzene rings is 5. The second-order valence-electron chi connectivity index (χ2n) is 21.2. The summed E-state index contributed by atoms with van der Waals surface area (Å²) in [5.74, 6) is -1.87. The highest BCUT2D eigenvalue weighted by atomic mass is 19.4. The summed E-state index contributed by atoms with van der Waals surface area (Å²) in [5, 5.41) is 42.8. The van der Waals surface area contributed by atoms with E-state index in [1.54, 1.807) is 35.1 Å². The Labute approximate surface area is 503 Å². The van der Waals surface area contributed by atoms with Crippen molar-refractivity contribution in [1.29, 1.82) is 0 Å². The maximum Gasteiger partial charge on any atom is 0.419 e. The molecule has 0 amide bonds. The Morgan fingerprint density at radius 2 is 1.10 bits per heavy atom. The fourth-order valence-electron chi connectivity index (χ4n) is 9.28. The summed E-state index contributed by atoms with van der Waals surface area (Å²) in [4.78, 5) is 21.3. The number of carbonyl (C=O) groups is 1. The number of aliphatic hydroxyl groups is 2. The first-order chi connectivity index (χ1) is 42.2. The van der Waals surface area contributed by atoms with Gasteiger partial charge in [0.25, 0.3) is 11.8 Å². The van der Waals surface area contributed by atoms with Crippen LogP contribution in [0.25, 0.3) is 45.7 Å². The number of alkyl halides is 8. The second kappa shape index (κ2) is 32.2. The standard InChI is InChI=1S/C22H19F4N3O4.C21H17F4N5O3.C20H35NO/c23-7-8-32-18-6-5-15(9-17(18)22(24,25)26)20-27-19(28-33-20)14-3-1-13(2-4-14)10-29-11-16(12-29)21(30)31;22-7-8-32-18-6-5-15(9-17(18)21(23,24)25)20-26-19(28-33-20)14-3-1-13(2-4-14)10-30-11-16(12-31)27-29-30;1-3-5-6-7-8-9-10-18-11-13-19(14-12-18)15-16-20(21,4-2)17-22/h1-6,9,16H,7-8,10-12H2,(H,30,31);1-6,9,11,31H,7-8,10,12H2;11-14,22H,3-10,15-17,21H2,1-2H3/i23-1;22-1;. The molecule has 0 radical (unpaired) electrons. The quantitative estimate of drug-likeness (QED) is 0.0264. The van der Waals surface area contributed by atoms with Crippen molar-refractivity contribution >= 4 is 5.97 Å². The molecule has 1 saturated heterocycles. The van der Waals surface area contributed by atoms with Crippen molar-refractivity contribution in [3.8, 4) is 57.2 Å². The van der Waals surface area contributed by atoms with Gasteiger partial charge in [0.2, 0.25) is 11.6 Å². The first-order valence-electron chi connectivity index (χ1n) is 28.8. The molecule has 0 spiro atoms. The van der Waals surface area contributed by atoms with E-state index in [1.165, 1.54) is 68.2 Å². The van der Waals surface area contributed by atoms with E-state index in [-0.39, 0.29) is 53.7 Å². The number of aromatic nitrogens is 7. The smallest absolute Gasteiger partial charge is 0.419 e. The maximum atomic E-state index is 13.4. The van der Waals surface area contributed by atoms with Gasteiger partial charge in [0.15, 0.2) is 0 Å². The Bertz CT molecular complexity index is 3400. The summed E-state index contributed by atoms with van der Waals surface area (Å²) < 4.78 is 127. The van der Waals surface area contributed by atoms with Crippen LogP contribution in [0.15, 0.2) is 124 Å². The van der Waals surface area contributed by atoms with Crippen LogP contribution >= 0.6 is 0 Å². The first kappa shape index (κ1) is 67.4. The van der Waals surface area contributed by atoms with Gasteiger partial charge in [-0.2, -0.15) is 36.3 Å². The van der Waals surface area contributed by atoms with E-state index in [1.807, 2.05) is 36.1 Å². The molecule has 1 aliphatic rings. The predicted molar refractivity (Wildman–Crippen MR) is 311 cm³/mol. The van der Waals surface area contributed by atoms with Gasteiger partial charge in [0, 0.05) is 47.4 Å². The van der Waals surface area contributed by atoms with Crippen LogP contribution < -0.4 is 15.2 Å². The maximum absolute atomic E-state index is 13.4. The number of hydrogen-bond donors (Lipinski definition) is 4. The zero-order chi connectivity index (χ0) is 63.3. The minimum Gasteiger partial charge on any atom is -0.490 e. The van der Waals surface area contributed by atoms with Crippen molar-refractivity contribution in [3.05, 3.63) is 154 Å². The molecule has 0 bridgehead atoms. The Morgan fingerprint density at radius 1 is 0.636 bits per heavy atom. The Morgan fingerprint density at radius 3 is 1.55 bits per heavy atom. The third-order valence-corrected chi connectivity index (χ3v) is 14.6. The van der Waals surface area contributed by atoms with Crippen LogP contribution in [0, 0.1) is 5.92 Å².